The first-order chi connectivity index (χ1) is 13.7. The molecule has 0 aliphatic rings. The minimum atomic E-state index is 0.770. The second kappa shape index (κ2) is 8.75. The number of halogens is 1. The van der Waals surface area contributed by atoms with Gasteiger partial charge < -0.3 is 14.0 Å². The van der Waals surface area contributed by atoms with Crippen LogP contribution in [-0.2, 0) is 13.1 Å². The Hall–Kier alpha value is -2.38. The third kappa shape index (κ3) is 4.54. The Bertz CT molecular complexity index is 969. The van der Waals surface area contributed by atoms with Gasteiger partial charge in [-0.2, -0.15) is 0 Å². The van der Waals surface area contributed by atoms with Crippen LogP contribution in [0.1, 0.15) is 18.4 Å². The average molecular weight is 415 g/mol. The van der Waals surface area contributed by atoms with Crippen LogP contribution in [0, 0.1) is 6.92 Å². The lowest BCUT2D eigenvalue weighted by Crippen LogP contribution is -2.27. The van der Waals surface area contributed by atoms with E-state index in [1.807, 2.05) is 49.6 Å². The van der Waals surface area contributed by atoms with Crippen LogP contribution in [0.4, 0.5) is 5.13 Å². The number of aryl methyl sites for hydroxylation is 3. The zero-order valence-electron chi connectivity index (χ0n) is 15.8. The zero-order chi connectivity index (χ0) is 19.3. The topological polar surface area (TPSA) is 51.8 Å². The molecule has 0 radical (unpaired) electrons. The zero-order valence-corrected chi connectivity index (χ0v) is 17.4. The van der Waals surface area contributed by atoms with Crippen LogP contribution in [0.15, 0.2) is 49.6 Å². The summed E-state index contributed by atoms with van der Waals surface area (Å²) in [7, 11) is 0. The first-order valence-corrected chi connectivity index (χ1v) is 10.6. The lowest BCUT2D eigenvalue weighted by atomic mass is 10.2. The average Bonchev–Trinajstić information content (AvgIpc) is 3.42. The molecule has 0 aliphatic heterocycles. The molecule has 0 amide bonds. The second-order valence-corrected chi connectivity index (χ2v) is 8.31. The van der Waals surface area contributed by atoms with Crippen LogP contribution in [0.3, 0.4) is 0 Å². The van der Waals surface area contributed by atoms with Gasteiger partial charge in [-0.25, -0.2) is 15.0 Å². The molecule has 3 heterocycles. The van der Waals surface area contributed by atoms with Gasteiger partial charge in [0.1, 0.15) is 0 Å². The molecule has 8 heteroatoms. The van der Waals surface area contributed by atoms with Crippen molar-refractivity contribution in [1.82, 2.24) is 24.1 Å². The van der Waals surface area contributed by atoms with Gasteiger partial charge in [-0.3, -0.25) is 0 Å². The summed E-state index contributed by atoms with van der Waals surface area (Å²) in [5.74, 6) is 0. The molecule has 146 valence electrons. The normalized spacial score (nSPS) is 11.4. The maximum atomic E-state index is 6.24. The highest BCUT2D eigenvalue weighted by Gasteiger charge is 2.14. The van der Waals surface area contributed by atoms with Gasteiger partial charge in [0.2, 0.25) is 0 Å². The first kappa shape index (κ1) is 19.0. The van der Waals surface area contributed by atoms with Gasteiger partial charge in [0, 0.05) is 56.0 Å². The van der Waals surface area contributed by atoms with Gasteiger partial charge in [0.25, 0.3) is 0 Å². The fourth-order valence-corrected chi connectivity index (χ4v) is 4.78. The van der Waals surface area contributed by atoms with Crippen molar-refractivity contribution in [2.75, 3.05) is 18.0 Å². The fourth-order valence-electron chi connectivity index (χ4n) is 3.31. The minimum Gasteiger partial charge on any atom is -0.348 e. The summed E-state index contributed by atoms with van der Waals surface area (Å²) in [5, 5.41) is 1.84. The molecule has 1 aromatic carbocycles. The van der Waals surface area contributed by atoms with E-state index in [2.05, 4.69) is 30.9 Å². The van der Waals surface area contributed by atoms with Gasteiger partial charge in [-0.15, -0.1) is 0 Å². The molecule has 4 aromatic rings. The van der Waals surface area contributed by atoms with E-state index in [-0.39, 0.29) is 0 Å². The summed E-state index contributed by atoms with van der Waals surface area (Å²) in [6, 6.07) is 4.00. The molecule has 0 spiro atoms. The van der Waals surface area contributed by atoms with E-state index >= 15 is 0 Å². The number of hydrogen-bond donors (Lipinski definition) is 0. The van der Waals surface area contributed by atoms with Crippen LogP contribution < -0.4 is 4.90 Å². The number of hydrogen-bond acceptors (Lipinski definition) is 5. The van der Waals surface area contributed by atoms with Gasteiger partial charge >= 0.3 is 0 Å². The van der Waals surface area contributed by atoms with Crippen molar-refractivity contribution in [2.45, 2.75) is 32.9 Å². The van der Waals surface area contributed by atoms with Crippen LogP contribution in [0.2, 0.25) is 5.02 Å². The molecular weight excluding hydrogens is 392 g/mol. The summed E-state index contributed by atoms with van der Waals surface area (Å²) in [4.78, 5) is 15.6. The lowest BCUT2D eigenvalue weighted by molar-refractivity contribution is 0.586. The van der Waals surface area contributed by atoms with Crippen LogP contribution in [-0.4, -0.2) is 37.2 Å². The predicted molar refractivity (Wildman–Crippen MR) is 115 cm³/mol. The van der Waals surface area contributed by atoms with Crippen molar-refractivity contribution < 1.29 is 0 Å². The number of anilines is 1. The van der Waals surface area contributed by atoms with Crippen molar-refractivity contribution in [3.63, 3.8) is 0 Å². The van der Waals surface area contributed by atoms with Crippen LogP contribution in [0.5, 0.6) is 0 Å². The van der Waals surface area contributed by atoms with E-state index in [9.17, 15) is 0 Å². The Kier molecular flexibility index (Phi) is 5.92. The van der Waals surface area contributed by atoms with Gasteiger partial charge in [-0.1, -0.05) is 22.9 Å². The molecule has 0 unspecified atom stereocenters. The lowest BCUT2D eigenvalue weighted by Gasteiger charge is -2.22. The van der Waals surface area contributed by atoms with Crippen LogP contribution >= 0.6 is 22.9 Å². The van der Waals surface area contributed by atoms with Crippen molar-refractivity contribution in [3.05, 3.63) is 60.2 Å². The van der Waals surface area contributed by atoms with E-state index in [0.717, 1.165) is 65.0 Å². The molecule has 0 fully saturated rings. The number of nitrogens with zero attached hydrogens (tertiary/aromatic N) is 6. The van der Waals surface area contributed by atoms with Gasteiger partial charge in [-0.05, 0) is 37.5 Å². The molecule has 0 aliphatic carbocycles. The highest BCUT2D eigenvalue weighted by atomic mass is 35.5. The number of imidazole rings is 2. The molecular formula is C20H23ClN6S. The van der Waals surface area contributed by atoms with E-state index in [1.165, 1.54) is 0 Å². The molecule has 6 nitrogen and oxygen atoms in total. The largest absolute Gasteiger partial charge is 0.348 e. The number of aromatic nitrogens is 5. The smallest absolute Gasteiger partial charge is 0.186 e. The Labute approximate surface area is 173 Å². The number of benzene rings is 1. The van der Waals surface area contributed by atoms with Crippen LogP contribution in [0.25, 0.3) is 10.2 Å². The van der Waals surface area contributed by atoms with Gasteiger partial charge in [0.15, 0.2) is 5.13 Å². The van der Waals surface area contributed by atoms with E-state index in [0.29, 0.717) is 0 Å². The summed E-state index contributed by atoms with van der Waals surface area (Å²) < 4.78 is 5.38. The van der Waals surface area contributed by atoms with E-state index < -0.39 is 0 Å². The summed E-state index contributed by atoms with van der Waals surface area (Å²) >= 11 is 7.96. The minimum absolute atomic E-state index is 0.770. The molecule has 0 saturated carbocycles. The molecule has 4 rings (SSSR count). The Balaban J connectivity index is 1.48. The highest BCUT2D eigenvalue weighted by molar-refractivity contribution is 7.22. The van der Waals surface area contributed by atoms with E-state index in [1.54, 1.807) is 11.3 Å². The molecule has 3 aromatic heterocycles. The molecule has 0 N–H and O–H groups in total. The van der Waals surface area contributed by atoms with E-state index in [4.69, 9.17) is 16.6 Å². The molecule has 0 bridgehead atoms. The summed E-state index contributed by atoms with van der Waals surface area (Å²) in [5.41, 5.74) is 2.18. The summed E-state index contributed by atoms with van der Waals surface area (Å²) in [6.07, 6.45) is 13.5. The summed E-state index contributed by atoms with van der Waals surface area (Å²) in [6.45, 7) is 5.88. The van der Waals surface area contributed by atoms with Gasteiger partial charge in [0.05, 0.1) is 22.9 Å². The molecule has 0 atom stereocenters. The van der Waals surface area contributed by atoms with Crippen molar-refractivity contribution in [1.29, 1.82) is 0 Å². The Morgan fingerprint density at radius 1 is 1.00 bits per heavy atom. The first-order valence-electron chi connectivity index (χ1n) is 9.42. The highest BCUT2D eigenvalue weighted by Crippen LogP contribution is 2.33. The number of fused-ring (bicyclic) bond motifs is 1. The predicted octanol–water partition coefficient (Wildman–Crippen LogP) is 4.64. The standard InChI is InChI=1S/C20H23ClN6S/c1-16-12-17(21)13-18-19(16)24-20(28-18)27(8-2-6-25-10-4-22-14-25)9-3-7-26-11-5-23-15-26/h4-5,10-15H,2-3,6-9H2,1H3. The second-order valence-electron chi connectivity index (χ2n) is 6.86. The maximum Gasteiger partial charge on any atom is 0.186 e. The SMILES string of the molecule is Cc1cc(Cl)cc2sc(N(CCCn3ccnc3)CCCn3ccnc3)nc12. The Morgan fingerprint density at radius 3 is 2.21 bits per heavy atom. The quantitative estimate of drug-likeness (QED) is 0.400. The fraction of sp³-hybridized carbons (Fsp3) is 0.350. The molecule has 0 saturated heterocycles. The molecule has 28 heavy (non-hydrogen) atoms. The van der Waals surface area contributed by atoms with Crippen molar-refractivity contribution in [3.8, 4) is 0 Å². The van der Waals surface area contributed by atoms with Crippen molar-refractivity contribution >= 4 is 38.3 Å². The third-order valence-corrected chi connectivity index (χ3v) is 6.00. The maximum absolute atomic E-state index is 6.24. The third-order valence-electron chi connectivity index (χ3n) is 4.72. The number of thiazole rings is 1. The Morgan fingerprint density at radius 2 is 1.64 bits per heavy atom. The van der Waals surface area contributed by atoms with Crippen molar-refractivity contribution in [2.24, 2.45) is 0 Å². The number of rotatable bonds is 9. The monoisotopic (exact) mass is 414 g/mol.